The van der Waals surface area contributed by atoms with Crippen LogP contribution >= 0.6 is 0 Å². The molecule has 0 aliphatic heterocycles. The van der Waals surface area contributed by atoms with Crippen LogP contribution in [0.25, 0.3) is 0 Å². The minimum atomic E-state index is -1.00. The van der Waals surface area contributed by atoms with E-state index in [9.17, 15) is 4.79 Å². The highest BCUT2D eigenvalue weighted by atomic mass is 16.4. The molecule has 0 aliphatic rings. The second kappa shape index (κ2) is 2.58. The third kappa shape index (κ3) is 1.44. The largest absolute Gasteiger partial charge is 0.476 e. The lowest BCUT2D eigenvalue weighted by atomic mass is 10.1. The molecule has 0 aliphatic carbocycles. The molecule has 0 amide bonds. The quantitative estimate of drug-likeness (QED) is 0.673. The summed E-state index contributed by atoms with van der Waals surface area (Å²) in [5.41, 5.74) is -0.230. The molecule has 0 bridgehead atoms. The summed E-state index contributed by atoms with van der Waals surface area (Å²) in [7, 11) is 0. The van der Waals surface area contributed by atoms with E-state index in [2.05, 4.69) is 10.3 Å². The van der Waals surface area contributed by atoms with Gasteiger partial charge in [-0.1, -0.05) is 5.21 Å². The van der Waals surface area contributed by atoms with Gasteiger partial charge in [0.2, 0.25) is 0 Å². The molecule has 0 atom stereocenters. The number of carboxylic acids is 1. The minimum Gasteiger partial charge on any atom is -0.476 e. The van der Waals surface area contributed by atoms with Crippen LogP contribution < -0.4 is 0 Å². The van der Waals surface area contributed by atoms with E-state index in [1.54, 1.807) is 0 Å². The number of carbonyl (C=O) groups is 1. The van der Waals surface area contributed by atoms with Crippen molar-refractivity contribution in [2.24, 2.45) is 0 Å². The Morgan fingerprint density at radius 3 is 2.50 bits per heavy atom. The lowest BCUT2D eigenvalue weighted by Gasteiger charge is -2.19. The highest BCUT2D eigenvalue weighted by Gasteiger charge is 2.21. The second-order valence-corrected chi connectivity index (χ2v) is 3.51. The fourth-order valence-corrected chi connectivity index (χ4v) is 0.876. The second-order valence-electron chi connectivity index (χ2n) is 3.51. The lowest BCUT2D eigenvalue weighted by molar-refractivity contribution is 0.0674. The Labute approximate surface area is 70.0 Å². The Morgan fingerprint density at radius 1 is 1.58 bits per heavy atom. The molecule has 5 heteroatoms. The van der Waals surface area contributed by atoms with Gasteiger partial charge in [0.25, 0.3) is 0 Å². The monoisotopic (exact) mass is 169 g/mol. The molecule has 66 valence electrons. The molecule has 1 aromatic rings. The minimum absolute atomic E-state index is 0.113. The molecule has 12 heavy (non-hydrogen) atoms. The standard InChI is InChI=1S/C7H11N3O2/c1-7(2,3)10-5(6(11)12)4-8-9-10/h4H,1-3H3,(H,11,12). The molecule has 1 heterocycles. The fourth-order valence-electron chi connectivity index (χ4n) is 0.876. The molecule has 0 spiro atoms. The van der Waals surface area contributed by atoms with E-state index in [1.165, 1.54) is 10.9 Å². The summed E-state index contributed by atoms with van der Waals surface area (Å²) in [4.78, 5) is 10.6. The van der Waals surface area contributed by atoms with Gasteiger partial charge in [-0.05, 0) is 20.8 Å². The number of aromatic carboxylic acids is 1. The summed E-state index contributed by atoms with van der Waals surface area (Å²) in [5, 5.41) is 16.0. The summed E-state index contributed by atoms with van der Waals surface area (Å²) >= 11 is 0. The molecule has 0 aromatic carbocycles. The first-order valence-electron chi connectivity index (χ1n) is 3.57. The van der Waals surface area contributed by atoms with Crippen LogP contribution in [0.5, 0.6) is 0 Å². The molecule has 0 saturated carbocycles. The summed E-state index contributed by atoms with van der Waals surface area (Å²) in [6.07, 6.45) is 1.24. The Hall–Kier alpha value is -1.39. The number of rotatable bonds is 1. The predicted molar refractivity (Wildman–Crippen MR) is 42.0 cm³/mol. The first-order valence-corrected chi connectivity index (χ1v) is 3.57. The van der Waals surface area contributed by atoms with Crippen molar-refractivity contribution in [1.82, 2.24) is 15.0 Å². The Bertz CT molecular complexity index is 298. The normalized spacial score (nSPS) is 11.6. The highest BCUT2D eigenvalue weighted by Crippen LogP contribution is 2.13. The van der Waals surface area contributed by atoms with Crippen LogP contribution in [0.15, 0.2) is 6.20 Å². The number of hydrogen-bond donors (Lipinski definition) is 1. The van der Waals surface area contributed by atoms with Gasteiger partial charge in [0, 0.05) is 0 Å². The zero-order chi connectivity index (χ0) is 9.35. The average Bonchev–Trinajstić information content (AvgIpc) is 2.30. The molecular formula is C7H11N3O2. The fraction of sp³-hybridized carbons (Fsp3) is 0.571. The molecule has 0 saturated heterocycles. The van der Waals surface area contributed by atoms with Gasteiger partial charge in [0.15, 0.2) is 5.69 Å². The third-order valence-electron chi connectivity index (χ3n) is 1.40. The van der Waals surface area contributed by atoms with Crippen LogP contribution in [-0.2, 0) is 5.54 Å². The smallest absolute Gasteiger partial charge is 0.355 e. The number of aromatic nitrogens is 3. The van der Waals surface area contributed by atoms with Crippen molar-refractivity contribution in [3.8, 4) is 0 Å². The van der Waals surface area contributed by atoms with E-state index in [1.807, 2.05) is 20.8 Å². The summed E-state index contributed by atoms with van der Waals surface area (Å²) in [6.45, 7) is 5.61. The molecular weight excluding hydrogens is 158 g/mol. The zero-order valence-corrected chi connectivity index (χ0v) is 7.27. The maximum atomic E-state index is 10.6. The van der Waals surface area contributed by atoms with Gasteiger partial charge in [0.1, 0.15) is 0 Å². The van der Waals surface area contributed by atoms with Gasteiger partial charge in [-0.25, -0.2) is 9.48 Å². The Kier molecular flexibility index (Phi) is 1.87. The van der Waals surface area contributed by atoms with E-state index >= 15 is 0 Å². The first kappa shape index (κ1) is 8.70. The third-order valence-corrected chi connectivity index (χ3v) is 1.40. The van der Waals surface area contributed by atoms with Gasteiger partial charge in [-0.3, -0.25) is 0 Å². The SMILES string of the molecule is CC(C)(C)n1nncc1C(=O)O. The van der Waals surface area contributed by atoms with Crippen molar-refractivity contribution in [2.75, 3.05) is 0 Å². The van der Waals surface area contributed by atoms with Crippen molar-refractivity contribution >= 4 is 5.97 Å². The van der Waals surface area contributed by atoms with Crippen molar-refractivity contribution < 1.29 is 9.90 Å². The van der Waals surface area contributed by atoms with Gasteiger partial charge >= 0.3 is 5.97 Å². The molecule has 0 unspecified atom stereocenters. The van der Waals surface area contributed by atoms with Crippen LogP contribution in [0.1, 0.15) is 31.3 Å². The average molecular weight is 169 g/mol. The number of hydrogen-bond acceptors (Lipinski definition) is 3. The van der Waals surface area contributed by atoms with Crippen LogP contribution in [-0.4, -0.2) is 26.1 Å². The van der Waals surface area contributed by atoms with Crippen LogP contribution in [0.4, 0.5) is 0 Å². The lowest BCUT2D eigenvalue weighted by Crippen LogP contribution is -2.27. The van der Waals surface area contributed by atoms with Crippen LogP contribution in [0.3, 0.4) is 0 Å². The van der Waals surface area contributed by atoms with Gasteiger partial charge in [-0.15, -0.1) is 5.10 Å². The maximum absolute atomic E-state index is 10.6. The number of carboxylic acid groups (broad SMARTS) is 1. The van der Waals surface area contributed by atoms with Crippen LogP contribution in [0.2, 0.25) is 0 Å². The van der Waals surface area contributed by atoms with Crippen LogP contribution in [0, 0.1) is 0 Å². The van der Waals surface area contributed by atoms with E-state index in [0.717, 1.165) is 0 Å². The van der Waals surface area contributed by atoms with E-state index in [-0.39, 0.29) is 11.2 Å². The molecule has 1 N–H and O–H groups in total. The molecule has 5 nitrogen and oxygen atoms in total. The summed E-state index contributed by atoms with van der Waals surface area (Å²) in [5.74, 6) is -1.00. The van der Waals surface area contributed by atoms with Crippen molar-refractivity contribution in [1.29, 1.82) is 0 Å². The van der Waals surface area contributed by atoms with Gasteiger partial charge < -0.3 is 5.11 Å². The highest BCUT2D eigenvalue weighted by molar-refractivity contribution is 5.85. The van der Waals surface area contributed by atoms with Gasteiger partial charge in [0.05, 0.1) is 11.7 Å². The summed E-state index contributed by atoms with van der Waals surface area (Å²) < 4.78 is 1.38. The maximum Gasteiger partial charge on any atom is 0.355 e. The van der Waals surface area contributed by atoms with E-state index in [0.29, 0.717) is 0 Å². The van der Waals surface area contributed by atoms with Gasteiger partial charge in [-0.2, -0.15) is 0 Å². The zero-order valence-electron chi connectivity index (χ0n) is 7.27. The molecule has 0 fully saturated rings. The Morgan fingerprint density at radius 2 is 2.17 bits per heavy atom. The van der Waals surface area contributed by atoms with E-state index < -0.39 is 5.97 Å². The van der Waals surface area contributed by atoms with Crippen molar-refractivity contribution in [3.05, 3.63) is 11.9 Å². The Balaban J connectivity index is 3.17. The molecule has 0 radical (unpaired) electrons. The first-order chi connectivity index (χ1) is 5.43. The predicted octanol–water partition coefficient (Wildman–Crippen LogP) is 0.731. The van der Waals surface area contributed by atoms with Crippen molar-refractivity contribution in [2.45, 2.75) is 26.3 Å². The molecule has 1 aromatic heterocycles. The molecule has 1 rings (SSSR count). The van der Waals surface area contributed by atoms with E-state index in [4.69, 9.17) is 5.11 Å². The topological polar surface area (TPSA) is 68.0 Å². The summed E-state index contributed by atoms with van der Waals surface area (Å²) in [6, 6.07) is 0. The number of nitrogens with zero attached hydrogens (tertiary/aromatic N) is 3. The van der Waals surface area contributed by atoms with Crippen molar-refractivity contribution in [3.63, 3.8) is 0 Å².